The van der Waals surface area contributed by atoms with Crippen LogP contribution in [0.25, 0.3) is 0 Å². The van der Waals surface area contributed by atoms with E-state index in [1.807, 2.05) is 42.3 Å². The Labute approximate surface area is 187 Å². The second-order valence-corrected chi connectivity index (χ2v) is 8.48. The number of carbonyl (C=O) groups is 2. The molecule has 7 nitrogen and oxygen atoms in total. The minimum Gasteiger partial charge on any atom is -0.454 e. The van der Waals surface area contributed by atoms with Crippen molar-refractivity contribution in [2.75, 3.05) is 33.6 Å². The molecule has 168 valence electrons. The van der Waals surface area contributed by atoms with Crippen molar-refractivity contribution in [3.8, 4) is 11.5 Å². The Morgan fingerprint density at radius 3 is 2.61 bits per heavy atom. The van der Waals surface area contributed by atoms with Crippen LogP contribution >= 0.6 is 11.3 Å². The molecule has 2 amide bonds. The smallest absolute Gasteiger partial charge is 0.242 e. The molecule has 0 saturated carbocycles. The third-order valence-electron chi connectivity index (χ3n) is 5.22. The van der Waals surface area contributed by atoms with Crippen LogP contribution in [0.5, 0.6) is 11.5 Å². The summed E-state index contributed by atoms with van der Waals surface area (Å²) in [4.78, 5) is 30.3. The first-order chi connectivity index (χ1) is 15.0. The monoisotopic (exact) mass is 446 g/mol. The van der Waals surface area contributed by atoms with E-state index in [2.05, 4.69) is 6.07 Å². The van der Waals surface area contributed by atoms with Crippen molar-refractivity contribution in [1.29, 1.82) is 0 Å². The molecule has 2 heterocycles. The average molecular weight is 447 g/mol. The predicted molar refractivity (Wildman–Crippen MR) is 119 cm³/mol. The summed E-state index contributed by atoms with van der Waals surface area (Å²) in [7, 11) is 1.63. The van der Waals surface area contributed by atoms with Gasteiger partial charge in [-0.25, -0.2) is 0 Å². The first kappa shape index (κ1) is 23.1. The number of fused-ring (bicyclic) bond motifs is 1. The Balaban J connectivity index is 1.76. The highest BCUT2D eigenvalue weighted by atomic mass is 32.1. The van der Waals surface area contributed by atoms with E-state index in [1.165, 1.54) is 0 Å². The van der Waals surface area contributed by atoms with Crippen molar-refractivity contribution in [2.24, 2.45) is 0 Å². The van der Waals surface area contributed by atoms with E-state index in [1.54, 1.807) is 23.3 Å². The highest BCUT2D eigenvalue weighted by Gasteiger charge is 2.23. The zero-order chi connectivity index (χ0) is 22.2. The second-order valence-electron chi connectivity index (χ2n) is 7.48. The molecule has 0 bridgehead atoms. The van der Waals surface area contributed by atoms with Crippen molar-refractivity contribution in [1.82, 2.24) is 9.80 Å². The molecule has 0 radical (unpaired) electrons. The summed E-state index contributed by atoms with van der Waals surface area (Å²) in [5.41, 5.74) is 2.12. The van der Waals surface area contributed by atoms with Crippen molar-refractivity contribution >= 4 is 23.2 Å². The number of hydrogen-bond donors (Lipinski definition) is 0. The molecule has 0 spiro atoms. The molecule has 0 aliphatic carbocycles. The fourth-order valence-electron chi connectivity index (χ4n) is 3.41. The van der Waals surface area contributed by atoms with E-state index >= 15 is 0 Å². The van der Waals surface area contributed by atoms with Gasteiger partial charge in [0.2, 0.25) is 18.6 Å². The zero-order valence-electron chi connectivity index (χ0n) is 18.4. The van der Waals surface area contributed by atoms with Crippen LogP contribution in [0.2, 0.25) is 0 Å². The van der Waals surface area contributed by atoms with E-state index in [4.69, 9.17) is 14.2 Å². The van der Waals surface area contributed by atoms with Crippen LogP contribution in [0.1, 0.15) is 35.8 Å². The Morgan fingerprint density at radius 1 is 1.10 bits per heavy atom. The van der Waals surface area contributed by atoms with Gasteiger partial charge in [-0.05, 0) is 48.1 Å². The van der Waals surface area contributed by atoms with Gasteiger partial charge >= 0.3 is 0 Å². The van der Waals surface area contributed by atoms with E-state index in [0.717, 1.165) is 16.0 Å². The summed E-state index contributed by atoms with van der Waals surface area (Å²) < 4.78 is 16.0. The number of ether oxygens (including phenoxy) is 3. The first-order valence-electron chi connectivity index (χ1n) is 10.5. The van der Waals surface area contributed by atoms with Gasteiger partial charge in [0, 0.05) is 38.1 Å². The van der Waals surface area contributed by atoms with E-state index in [9.17, 15) is 9.59 Å². The molecular weight excluding hydrogens is 416 g/mol. The fourth-order valence-corrected chi connectivity index (χ4v) is 4.33. The normalized spacial score (nSPS) is 12.1. The van der Waals surface area contributed by atoms with E-state index < -0.39 is 0 Å². The van der Waals surface area contributed by atoms with Gasteiger partial charge in [0.25, 0.3) is 0 Å². The van der Waals surface area contributed by atoms with Gasteiger partial charge in [0.15, 0.2) is 11.5 Å². The van der Waals surface area contributed by atoms with Gasteiger partial charge in [0.05, 0.1) is 13.1 Å². The maximum Gasteiger partial charge on any atom is 0.242 e. The minimum atomic E-state index is -0.0790. The zero-order valence-corrected chi connectivity index (χ0v) is 19.2. The van der Waals surface area contributed by atoms with Gasteiger partial charge in [-0.3, -0.25) is 9.59 Å². The lowest BCUT2D eigenvalue weighted by atomic mass is 10.1. The van der Waals surface area contributed by atoms with Gasteiger partial charge in [-0.15, -0.1) is 11.3 Å². The second kappa shape index (κ2) is 11.2. The average Bonchev–Trinajstić information content (AvgIpc) is 3.40. The molecule has 0 fully saturated rings. The number of aryl methyl sites for hydroxylation is 1. The van der Waals surface area contributed by atoms with E-state index in [0.29, 0.717) is 50.6 Å². The van der Waals surface area contributed by atoms with Crippen LogP contribution in [-0.4, -0.2) is 55.2 Å². The Morgan fingerprint density at radius 2 is 1.90 bits per heavy atom. The molecule has 31 heavy (non-hydrogen) atoms. The topological polar surface area (TPSA) is 68.3 Å². The molecule has 0 atom stereocenters. The van der Waals surface area contributed by atoms with Gasteiger partial charge in [-0.2, -0.15) is 0 Å². The fraction of sp³-hybridized carbons (Fsp3) is 0.478. The van der Waals surface area contributed by atoms with Crippen molar-refractivity contribution in [2.45, 2.75) is 39.8 Å². The molecule has 1 aliphatic rings. The highest BCUT2D eigenvalue weighted by Crippen LogP contribution is 2.33. The van der Waals surface area contributed by atoms with E-state index in [-0.39, 0.29) is 25.2 Å². The number of amides is 2. The predicted octanol–water partition coefficient (Wildman–Crippen LogP) is 3.59. The summed E-state index contributed by atoms with van der Waals surface area (Å²) in [6.45, 7) is 6.13. The number of methoxy groups -OCH3 is 1. The maximum absolute atomic E-state index is 13.3. The van der Waals surface area contributed by atoms with Crippen LogP contribution < -0.4 is 9.47 Å². The molecule has 0 N–H and O–H groups in total. The Kier molecular flexibility index (Phi) is 8.31. The van der Waals surface area contributed by atoms with Crippen LogP contribution in [0, 0.1) is 6.92 Å². The molecule has 1 aliphatic heterocycles. The first-order valence-corrected chi connectivity index (χ1v) is 11.4. The molecule has 0 saturated heterocycles. The lowest BCUT2D eigenvalue weighted by Crippen LogP contribution is -2.42. The van der Waals surface area contributed by atoms with Crippen molar-refractivity contribution in [3.05, 3.63) is 45.6 Å². The number of rotatable bonds is 11. The SMILES string of the molecule is CCC(=O)N(CCCOC)CC(=O)N(Cc1ccc2c(c1)OCO2)Cc1sccc1C. The quantitative estimate of drug-likeness (QED) is 0.494. The molecule has 3 rings (SSSR count). The summed E-state index contributed by atoms with van der Waals surface area (Å²) in [5, 5.41) is 2.03. The maximum atomic E-state index is 13.3. The lowest BCUT2D eigenvalue weighted by molar-refractivity contribution is -0.141. The Bertz CT molecular complexity index is 898. The van der Waals surface area contributed by atoms with Crippen LogP contribution in [0.3, 0.4) is 0 Å². The number of thiophene rings is 1. The Hall–Kier alpha value is -2.58. The number of benzene rings is 1. The molecule has 2 aromatic rings. The van der Waals surface area contributed by atoms with Crippen molar-refractivity contribution < 1.29 is 23.8 Å². The summed E-state index contributed by atoms with van der Waals surface area (Å²) in [5.74, 6) is 1.30. The molecular formula is C23H30N2O5S. The van der Waals surface area contributed by atoms with Gasteiger partial charge in [-0.1, -0.05) is 13.0 Å². The molecule has 1 aromatic carbocycles. The third kappa shape index (κ3) is 6.21. The van der Waals surface area contributed by atoms with Crippen LogP contribution in [0.15, 0.2) is 29.6 Å². The number of hydrogen-bond acceptors (Lipinski definition) is 6. The van der Waals surface area contributed by atoms with Gasteiger partial charge < -0.3 is 24.0 Å². The molecule has 8 heteroatoms. The van der Waals surface area contributed by atoms with Gasteiger partial charge in [0.1, 0.15) is 0 Å². The summed E-state index contributed by atoms with van der Waals surface area (Å²) in [6.07, 6.45) is 1.06. The molecule has 1 aromatic heterocycles. The number of nitrogens with zero attached hydrogens (tertiary/aromatic N) is 2. The van der Waals surface area contributed by atoms with Crippen molar-refractivity contribution in [3.63, 3.8) is 0 Å². The number of carbonyl (C=O) groups excluding carboxylic acids is 2. The standard InChI is InChI=1S/C23H30N2O5S/c1-4-22(26)24(9-5-10-28-3)15-23(27)25(14-21-17(2)8-11-31-21)13-18-6-7-19-20(12-18)30-16-29-19/h6-8,11-12H,4-5,9-10,13-16H2,1-3H3. The summed E-state index contributed by atoms with van der Waals surface area (Å²) >= 11 is 1.64. The van der Waals surface area contributed by atoms with Crippen LogP contribution in [-0.2, 0) is 27.4 Å². The summed E-state index contributed by atoms with van der Waals surface area (Å²) in [6, 6.07) is 7.79. The van der Waals surface area contributed by atoms with Crippen LogP contribution in [0.4, 0.5) is 0 Å². The largest absolute Gasteiger partial charge is 0.454 e. The molecule has 0 unspecified atom stereocenters. The lowest BCUT2D eigenvalue weighted by Gasteiger charge is -2.28. The third-order valence-corrected chi connectivity index (χ3v) is 6.23. The highest BCUT2D eigenvalue weighted by molar-refractivity contribution is 7.10. The minimum absolute atomic E-state index is 0.0280.